The predicted molar refractivity (Wildman–Crippen MR) is 106 cm³/mol. The van der Waals surface area contributed by atoms with Crippen molar-refractivity contribution in [3.63, 3.8) is 0 Å². The standard InChI is InChI=1S/C22H20N2O4/c1-26-17-6-4-13(5-7-17)19-11-16(23-24-19)9-15-8-14-10-20(27-2)21(28-3)12-18(14)22(15)25/h4-7,9-12H,8H2,1-3H3,(H,23,24)/b15-9+. The number of nitrogens with one attached hydrogen (secondary N) is 1. The lowest BCUT2D eigenvalue weighted by Gasteiger charge is -2.08. The normalized spacial score (nSPS) is 14.2. The van der Waals surface area contributed by atoms with Crippen molar-refractivity contribution in [3.05, 3.63) is 64.9 Å². The second kappa shape index (κ2) is 7.23. The summed E-state index contributed by atoms with van der Waals surface area (Å²) in [5, 5.41) is 7.34. The van der Waals surface area contributed by atoms with Crippen molar-refractivity contribution in [1.29, 1.82) is 0 Å². The first-order valence-corrected chi connectivity index (χ1v) is 8.83. The van der Waals surface area contributed by atoms with Gasteiger partial charge in [0.05, 0.1) is 32.7 Å². The van der Waals surface area contributed by atoms with Crippen LogP contribution in [0.3, 0.4) is 0 Å². The average Bonchev–Trinajstić information content (AvgIpc) is 3.32. The average molecular weight is 376 g/mol. The molecule has 2 aromatic carbocycles. The molecule has 1 aliphatic carbocycles. The molecule has 1 aromatic heterocycles. The number of methoxy groups -OCH3 is 3. The van der Waals surface area contributed by atoms with Crippen molar-refractivity contribution in [2.24, 2.45) is 0 Å². The van der Waals surface area contributed by atoms with E-state index in [1.165, 1.54) is 0 Å². The number of ketones is 1. The number of fused-ring (bicyclic) bond motifs is 1. The second-order valence-corrected chi connectivity index (χ2v) is 6.48. The fourth-order valence-corrected chi connectivity index (χ4v) is 3.36. The third-order valence-electron chi connectivity index (χ3n) is 4.84. The van der Waals surface area contributed by atoms with Crippen molar-refractivity contribution in [3.8, 4) is 28.5 Å². The molecule has 142 valence electrons. The van der Waals surface area contributed by atoms with Crippen molar-refractivity contribution >= 4 is 11.9 Å². The number of nitrogens with zero attached hydrogens (tertiary/aromatic N) is 1. The SMILES string of the molecule is COc1ccc(-c2cc(/C=C3\Cc4cc(OC)c(OC)cc4C3=O)[nH]n2)cc1. The molecular formula is C22H20N2O4. The van der Waals surface area contributed by atoms with Crippen LogP contribution in [-0.4, -0.2) is 37.3 Å². The Kier molecular flexibility index (Phi) is 4.61. The highest BCUT2D eigenvalue weighted by Crippen LogP contribution is 2.37. The fraction of sp³-hybridized carbons (Fsp3) is 0.182. The number of carbonyl (C=O) groups is 1. The zero-order valence-corrected chi connectivity index (χ0v) is 15.9. The van der Waals surface area contributed by atoms with Crippen LogP contribution in [0.15, 0.2) is 48.0 Å². The molecule has 0 aliphatic heterocycles. The lowest BCUT2D eigenvalue weighted by atomic mass is 10.1. The molecule has 0 saturated heterocycles. The van der Waals surface area contributed by atoms with E-state index >= 15 is 0 Å². The quantitative estimate of drug-likeness (QED) is 0.683. The third kappa shape index (κ3) is 3.13. The Labute approximate surface area is 162 Å². The molecule has 0 spiro atoms. The van der Waals surface area contributed by atoms with Gasteiger partial charge in [0.1, 0.15) is 5.75 Å². The lowest BCUT2D eigenvalue weighted by Crippen LogP contribution is -1.97. The number of rotatable bonds is 5. The number of aromatic amines is 1. The Morgan fingerprint density at radius 2 is 1.68 bits per heavy atom. The number of allylic oxidation sites excluding steroid dienone is 1. The van der Waals surface area contributed by atoms with Crippen LogP contribution in [0.25, 0.3) is 17.3 Å². The molecule has 6 heteroatoms. The van der Waals surface area contributed by atoms with Gasteiger partial charge >= 0.3 is 0 Å². The summed E-state index contributed by atoms with van der Waals surface area (Å²) >= 11 is 0. The Morgan fingerprint density at radius 1 is 0.964 bits per heavy atom. The molecular weight excluding hydrogens is 356 g/mol. The van der Waals surface area contributed by atoms with Gasteiger partial charge in [-0.05, 0) is 54.1 Å². The molecule has 4 rings (SSSR count). The van der Waals surface area contributed by atoms with Gasteiger partial charge in [0.25, 0.3) is 0 Å². The zero-order valence-electron chi connectivity index (χ0n) is 15.9. The maximum absolute atomic E-state index is 12.8. The van der Waals surface area contributed by atoms with Gasteiger partial charge < -0.3 is 14.2 Å². The van der Waals surface area contributed by atoms with E-state index in [9.17, 15) is 4.79 Å². The van der Waals surface area contributed by atoms with E-state index < -0.39 is 0 Å². The van der Waals surface area contributed by atoms with Crippen LogP contribution < -0.4 is 14.2 Å². The summed E-state index contributed by atoms with van der Waals surface area (Å²) < 4.78 is 15.8. The molecule has 3 aromatic rings. The molecule has 1 N–H and O–H groups in total. The van der Waals surface area contributed by atoms with Gasteiger partial charge in [-0.2, -0.15) is 5.10 Å². The van der Waals surface area contributed by atoms with Gasteiger partial charge in [-0.3, -0.25) is 9.89 Å². The highest BCUT2D eigenvalue weighted by Gasteiger charge is 2.27. The molecule has 0 amide bonds. The minimum Gasteiger partial charge on any atom is -0.497 e. The highest BCUT2D eigenvalue weighted by molar-refractivity contribution is 6.15. The van der Waals surface area contributed by atoms with Gasteiger partial charge in [0.15, 0.2) is 17.3 Å². The molecule has 0 unspecified atom stereocenters. The number of aromatic nitrogens is 2. The van der Waals surface area contributed by atoms with Crippen molar-refractivity contribution in [2.75, 3.05) is 21.3 Å². The van der Waals surface area contributed by atoms with Crippen molar-refractivity contribution in [1.82, 2.24) is 10.2 Å². The van der Waals surface area contributed by atoms with Gasteiger partial charge in [-0.1, -0.05) is 0 Å². The minimum atomic E-state index is -0.00319. The van der Waals surface area contributed by atoms with E-state index in [0.29, 0.717) is 29.1 Å². The van der Waals surface area contributed by atoms with Crippen LogP contribution in [-0.2, 0) is 6.42 Å². The van der Waals surface area contributed by atoms with E-state index in [-0.39, 0.29) is 5.78 Å². The number of ether oxygens (including phenoxy) is 3. The minimum absolute atomic E-state index is 0.00319. The first-order chi connectivity index (χ1) is 13.6. The molecule has 28 heavy (non-hydrogen) atoms. The smallest absolute Gasteiger partial charge is 0.189 e. The Bertz CT molecular complexity index is 1060. The Morgan fingerprint density at radius 3 is 2.36 bits per heavy atom. The first kappa shape index (κ1) is 17.9. The summed E-state index contributed by atoms with van der Waals surface area (Å²) in [7, 11) is 4.78. The number of benzene rings is 2. The van der Waals surface area contributed by atoms with Crippen LogP contribution >= 0.6 is 0 Å². The maximum atomic E-state index is 12.8. The number of Topliss-reactive ketones (excluding diaryl/α,β-unsaturated/α-hetero) is 1. The predicted octanol–water partition coefficient (Wildman–Crippen LogP) is 3.92. The lowest BCUT2D eigenvalue weighted by molar-refractivity contribution is 0.104. The Balaban J connectivity index is 1.61. The summed E-state index contributed by atoms with van der Waals surface area (Å²) in [4.78, 5) is 12.8. The molecule has 1 aliphatic rings. The number of hydrogen-bond donors (Lipinski definition) is 1. The number of hydrogen-bond acceptors (Lipinski definition) is 5. The third-order valence-corrected chi connectivity index (χ3v) is 4.84. The van der Waals surface area contributed by atoms with E-state index in [2.05, 4.69) is 10.2 Å². The Hall–Kier alpha value is -3.54. The first-order valence-electron chi connectivity index (χ1n) is 8.83. The van der Waals surface area contributed by atoms with Crippen molar-refractivity contribution in [2.45, 2.75) is 6.42 Å². The van der Waals surface area contributed by atoms with E-state index in [1.54, 1.807) is 27.4 Å². The maximum Gasteiger partial charge on any atom is 0.189 e. The molecule has 0 bridgehead atoms. The molecule has 6 nitrogen and oxygen atoms in total. The summed E-state index contributed by atoms with van der Waals surface area (Å²) in [5.41, 5.74) is 4.84. The summed E-state index contributed by atoms with van der Waals surface area (Å²) in [5.74, 6) is 1.97. The van der Waals surface area contributed by atoms with Gasteiger partial charge in [-0.15, -0.1) is 0 Å². The molecule has 0 saturated carbocycles. The molecule has 0 radical (unpaired) electrons. The molecule has 0 fully saturated rings. The zero-order chi connectivity index (χ0) is 19.7. The van der Waals surface area contributed by atoms with Crippen molar-refractivity contribution < 1.29 is 19.0 Å². The van der Waals surface area contributed by atoms with Crippen LogP contribution in [0.5, 0.6) is 17.2 Å². The fourth-order valence-electron chi connectivity index (χ4n) is 3.36. The topological polar surface area (TPSA) is 73.4 Å². The van der Waals surface area contributed by atoms with Crippen LogP contribution in [0, 0.1) is 0 Å². The molecule has 1 heterocycles. The van der Waals surface area contributed by atoms with Crippen LogP contribution in [0.4, 0.5) is 0 Å². The van der Waals surface area contributed by atoms with E-state index in [4.69, 9.17) is 14.2 Å². The molecule has 0 atom stereocenters. The summed E-state index contributed by atoms with van der Waals surface area (Å²) in [6.07, 6.45) is 2.40. The van der Waals surface area contributed by atoms with Gasteiger partial charge in [0.2, 0.25) is 0 Å². The summed E-state index contributed by atoms with van der Waals surface area (Å²) in [6, 6.07) is 13.2. The van der Waals surface area contributed by atoms with Gasteiger partial charge in [-0.25, -0.2) is 0 Å². The van der Waals surface area contributed by atoms with E-state index in [0.717, 1.165) is 28.3 Å². The van der Waals surface area contributed by atoms with Gasteiger partial charge in [0, 0.05) is 23.1 Å². The monoisotopic (exact) mass is 376 g/mol. The van der Waals surface area contributed by atoms with Crippen LogP contribution in [0.2, 0.25) is 0 Å². The van der Waals surface area contributed by atoms with Crippen LogP contribution in [0.1, 0.15) is 21.6 Å². The second-order valence-electron chi connectivity index (χ2n) is 6.48. The highest BCUT2D eigenvalue weighted by atomic mass is 16.5. The summed E-state index contributed by atoms with van der Waals surface area (Å²) in [6.45, 7) is 0. The number of carbonyl (C=O) groups excluding carboxylic acids is 1. The largest absolute Gasteiger partial charge is 0.497 e. The van der Waals surface area contributed by atoms with E-state index in [1.807, 2.05) is 42.5 Å². The number of H-pyrrole nitrogens is 1.